The number of nitrogens with zero attached hydrogens (tertiary/aromatic N) is 2. The van der Waals surface area contributed by atoms with Gasteiger partial charge in [-0.2, -0.15) is 5.26 Å². The van der Waals surface area contributed by atoms with Crippen molar-refractivity contribution in [2.24, 2.45) is 0 Å². The van der Waals surface area contributed by atoms with Gasteiger partial charge in [0.15, 0.2) is 0 Å². The number of hydrogen-bond donors (Lipinski definition) is 1. The summed E-state index contributed by atoms with van der Waals surface area (Å²) >= 11 is 0. The molecule has 0 radical (unpaired) electrons. The molecule has 3 nitrogen and oxygen atoms in total. The highest BCUT2D eigenvalue weighted by Gasteiger charge is 2.40. The van der Waals surface area contributed by atoms with Gasteiger partial charge in [-0.05, 0) is 56.4 Å². The standard InChI is InChI=1S/C15H18N2O/c1-10-6-12(3-2-11(10)9-16)17-13-4-5-14(17)8-15(18)7-13/h2-3,6,13-15,18H,4-5,7-8H2,1H3/t13-,14+,15?. The summed E-state index contributed by atoms with van der Waals surface area (Å²) < 4.78 is 0. The van der Waals surface area contributed by atoms with Crippen LogP contribution >= 0.6 is 0 Å². The van der Waals surface area contributed by atoms with Crippen molar-refractivity contribution in [3.8, 4) is 6.07 Å². The van der Waals surface area contributed by atoms with Crippen LogP contribution in [0.3, 0.4) is 0 Å². The molecule has 2 bridgehead atoms. The monoisotopic (exact) mass is 242 g/mol. The number of aliphatic hydroxyl groups excluding tert-OH is 1. The lowest BCUT2D eigenvalue weighted by atomic mass is 9.98. The zero-order valence-corrected chi connectivity index (χ0v) is 10.6. The minimum Gasteiger partial charge on any atom is -0.393 e. The second-order valence-electron chi connectivity index (χ2n) is 5.53. The Labute approximate surface area is 108 Å². The number of aliphatic hydroxyl groups is 1. The molecular weight excluding hydrogens is 224 g/mol. The van der Waals surface area contributed by atoms with Crippen LogP contribution in [-0.2, 0) is 0 Å². The molecule has 1 N–H and O–H groups in total. The fourth-order valence-electron chi connectivity index (χ4n) is 3.50. The quantitative estimate of drug-likeness (QED) is 0.822. The van der Waals surface area contributed by atoms with Crippen molar-refractivity contribution in [3.63, 3.8) is 0 Å². The first-order chi connectivity index (χ1) is 8.69. The number of hydrogen-bond acceptors (Lipinski definition) is 3. The molecule has 0 spiro atoms. The molecule has 3 rings (SSSR count). The first-order valence-corrected chi connectivity index (χ1v) is 6.66. The Morgan fingerprint density at radius 3 is 2.50 bits per heavy atom. The van der Waals surface area contributed by atoms with Crippen LogP contribution in [0.5, 0.6) is 0 Å². The molecule has 0 amide bonds. The first kappa shape index (κ1) is 11.6. The molecule has 2 aliphatic rings. The lowest BCUT2D eigenvalue weighted by Crippen LogP contribution is -2.44. The van der Waals surface area contributed by atoms with Crippen LogP contribution in [0.4, 0.5) is 5.69 Å². The van der Waals surface area contributed by atoms with Gasteiger partial charge in [-0.25, -0.2) is 0 Å². The maximum Gasteiger partial charge on any atom is 0.0994 e. The average molecular weight is 242 g/mol. The molecule has 0 aromatic heterocycles. The van der Waals surface area contributed by atoms with Gasteiger partial charge in [-0.15, -0.1) is 0 Å². The van der Waals surface area contributed by atoms with Crippen molar-refractivity contribution < 1.29 is 5.11 Å². The molecule has 94 valence electrons. The largest absolute Gasteiger partial charge is 0.393 e. The summed E-state index contributed by atoms with van der Waals surface area (Å²) in [4.78, 5) is 2.46. The fourth-order valence-corrected chi connectivity index (χ4v) is 3.50. The molecule has 0 saturated carbocycles. The normalized spacial score (nSPS) is 30.3. The Balaban J connectivity index is 1.92. The summed E-state index contributed by atoms with van der Waals surface area (Å²) in [5, 5.41) is 18.8. The lowest BCUT2D eigenvalue weighted by molar-refractivity contribution is 0.126. The van der Waals surface area contributed by atoms with Crippen molar-refractivity contribution in [1.29, 1.82) is 5.26 Å². The Morgan fingerprint density at radius 2 is 1.94 bits per heavy atom. The zero-order valence-electron chi connectivity index (χ0n) is 10.6. The van der Waals surface area contributed by atoms with E-state index in [1.807, 2.05) is 13.0 Å². The second kappa shape index (κ2) is 4.29. The lowest BCUT2D eigenvalue weighted by Gasteiger charge is -2.39. The van der Waals surface area contributed by atoms with Crippen LogP contribution in [-0.4, -0.2) is 23.3 Å². The van der Waals surface area contributed by atoms with E-state index in [-0.39, 0.29) is 6.10 Å². The summed E-state index contributed by atoms with van der Waals surface area (Å²) in [5.74, 6) is 0. The number of anilines is 1. The van der Waals surface area contributed by atoms with E-state index < -0.39 is 0 Å². The van der Waals surface area contributed by atoms with Crippen molar-refractivity contribution in [1.82, 2.24) is 0 Å². The molecule has 2 aliphatic heterocycles. The highest BCUT2D eigenvalue weighted by Crippen LogP contribution is 2.39. The summed E-state index contributed by atoms with van der Waals surface area (Å²) in [6.45, 7) is 1.99. The molecule has 1 unspecified atom stereocenters. The third-order valence-corrected chi connectivity index (χ3v) is 4.34. The summed E-state index contributed by atoms with van der Waals surface area (Å²) in [6, 6.07) is 9.24. The van der Waals surface area contributed by atoms with E-state index in [0.717, 1.165) is 24.0 Å². The predicted molar refractivity (Wildman–Crippen MR) is 70.4 cm³/mol. The molecule has 2 saturated heterocycles. The first-order valence-electron chi connectivity index (χ1n) is 6.66. The minimum absolute atomic E-state index is 0.127. The summed E-state index contributed by atoms with van der Waals surface area (Å²) in [7, 11) is 0. The van der Waals surface area contributed by atoms with Gasteiger partial charge in [0.05, 0.1) is 17.7 Å². The van der Waals surface area contributed by atoms with E-state index in [1.165, 1.54) is 18.5 Å². The van der Waals surface area contributed by atoms with E-state index in [2.05, 4.69) is 23.1 Å². The summed E-state index contributed by atoms with van der Waals surface area (Å²) in [6.07, 6.45) is 4.00. The number of fused-ring (bicyclic) bond motifs is 2. The third kappa shape index (κ3) is 1.77. The minimum atomic E-state index is -0.127. The molecule has 18 heavy (non-hydrogen) atoms. The van der Waals surface area contributed by atoms with E-state index in [4.69, 9.17) is 5.26 Å². The van der Waals surface area contributed by atoms with Gasteiger partial charge < -0.3 is 10.0 Å². The highest BCUT2D eigenvalue weighted by atomic mass is 16.3. The van der Waals surface area contributed by atoms with Gasteiger partial charge in [0.1, 0.15) is 0 Å². The van der Waals surface area contributed by atoms with Gasteiger partial charge in [0.2, 0.25) is 0 Å². The third-order valence-electron chi connectivity index (χ3n) is 4.34. The van der Waals surface area contributed by atoms with Crippen molar-refractivity contribution in [3.05, 3.63) is 29.3 Å². The maximum atomic E-state index is 9.82. The Bertz CT molecular complexity index is 492. The predicted octanol–water partition coefficient (Wildman–Crippen LogP) is 2.36. The van der Waals surface area contributed by atoms with Crippen LogP contribution in [0.1, 0.15) is 36.8 Å². The maximum absolute atomic E-state index is 9.82. The van der Waals surface area contributed by atoms with Gasteiger partial charge >= 0.3 is 0 Å². The van der Waals surface area contributed by atoms with E-state index in [0.29, 0.717) is 12.1 Å². The molecule has 0 aliphatic carbocycles. The summed E-state index contributed by atoms with van der Waals surface area (Å²) in [5.41, 5.74) is 3.01. The molecular formula is C15H18N2O. The van der Waals surface area contributed by atoms with E-state index in [9.17, 15) is 5.11 Å². The number of aryl methyl sites for hydroxylation is 1. The van der Waals surface area contributed by atoms with Crippen molar-refractivity contribution >= 4 is 5.69 Å². The van der Waals surface area contributed by atoms with Crippen LogP contribution < -0.4 is 4.90 Å². The van der Waals surface area contributed by atoms with Gasteiger partial charge in [-0.3, -0.25) is 0 Å². The Morgan fingerprint density at radius 1 is 1.28 bits per heavy atom. The fraction of sp³-hybridized carbons (Fsp3) is 0.533. The molecule has 3 atom stereocenters. The number of benzene rings is 1. The van der Waals surface area contributed by atoms with Crippen LogP contribution in [0, 0.1) is 18.3 Å². The molecule has 3 heteroatoms. The smallest absolute Gasteiger partial charge is 0.0994 e. The molecule has 1 aromatic rings. The van der Waals surface area contributed by atoms with E-state index >= 15 is 0 Å². The van der Waals surface area contributed by atoms with E-state index in [1.54, 1.807) is 0 Å². The van der Waals surface area contributed by atoms with Crippen LogP contribution in [0.25, 0.3) is 0 Å². The van der Waals surface area contributed by atoms with Gasteiger partial charge in [0.25, 0.3) is 0 Å². The molecule has 2 fully saturated rings. The van der Waals surface area contributed by atoms with Gasteiger partial charge in [0, 0.05) is 17.8 Å². The van der Waals surface area contributed by atoms with Crippen molar-refractivity contribution in [2.75, 3.05) is 4.90 Å². The van der Waals surface area contributed by atoms with Gasteiger partial charge in [-0.1, -0.05) is 0 Å². The second-order valence-corrected chi connectivity index (χ2v) is 5.53. The number of nitriles is 1. The Kier molecular flexibility index (Phi) is 2.76. The van der Waals surface area contributed by atoms with Crippen LogP contribution in [0.2, 0.25) is 0 Å². The number of piperidine rings is 1. The highest BCUT2D eigenvalue weighted by molar-refractivity contribution is 5.56. The average Bonchev–Trinajstić information content (AvgIpc) is 2.61. The van der Waals surface area contributed by atoms with Crippen molar-refractivity contribution in [2.45, 2.75) is 50.8 Å². The topological polar surface area (TPSA) is 47.3 Å². The zero-order chi connectivity index (χ0) is 12.7. The molecule has 2 heterocycles. The molecule has 1 aromatic carbocycles. The Hall–Kier alpha value is -1.53. The number of rotatable bonds is 1. The SMILES string of the molecule is Cc1cc(N2[C@@H]3CC[C@H]2CC(O)C3)ccc1C#N. The van der Waals surface area contributed by atoms with Crippen LogP contribution in [0.15, 0.2) is 18.2 Å².